The van der Waals surface area contributed by atoms with Gasteiger partial charge in [-0.1, -0.05) is 45.0 Å². The molecule has 2 aromatic rings. The van der Waals surface area contributed by atoms with Gasteiger partial charge in [-0.15, -0.1) is 22.9 Å². The summed E-state index contributed by atoms with van der Waals surface area (Å²) in [6, 6.07) is 6.08. The highest BCUT2D eigenvalue weighted by molar-refractivity contribution is 7.13. The topological polar surface area (TPSA) is 139 Å². The van der Waals surface area contributed by atoms with Crippen molar-refractivity contribution in [2.45, 2.75) is 58.8 Å². The summed E-state index contributed by atoms with van der Waals surface area (Å²) in [6.07, 6.45) is -0.729. The number of carbonyl (C=O) groups is 3. The fourth-order valence-electron chi connectivity index (χ4n) is 4.64. The molecule has 0 saturated carbocycles. The van der Waals surface area contributed by atoms with E-state index < -0.39 is 35.4 Å². The number of halogens is 1. The zero-order chi connectivity index (χ0) is 31.4. The van der Waals surface area contributed by atoms with E-state index in [1.807, 2.05) is 57.5 Å². The molecule has 3 unspecified atom stereocenters. The van der Waals surface area contributed by atoms with E-state index in [0.29, 0.717) is 25.7 Å². The molecule has 0 bridgehead atoms. The smallest absolute Gasteiger partial charge is 0.246 e. The van der Waals surface area contributed by atoms with Crippen LogP contribution in [0.5, 0.6) is 0 Å². The van der Waals surface area contributed by atoms with Gasteiger partial charge in [0.05, 0.1) is 55.2 Å². The lowest BCUT2D eigenvalue weighted by molar-refractivity contribution is -0.144. The van der Waals surface area contributed by atoms with Crippen LogP contribution in [0, 0.1) is 12.3 Å². The number of amides is 3. The van der Waals surface area contributed by atoms with Crippen molar-refractivity contribution in [1.29, 1.82) is 0 Å². The van der Waals surface area contributed by atoms with Gasteiger partial charge in [0.1, 0.15) is 18.7 Å². The highest BCUT2D eigenvalue weighted by atomic mass is 35.5. The van der Waals surface area contributed by atoms with Crippen molar-refractivity contribution in [2.75, 3.05) is 52.1 Å². The van der Waals surface area contributed by atoms with E-state index in [4.69, 9.17) is 25.8 Å². The van der Waals surface area contributed by atoms with Crippen molar-refractivity contribution in [3.8, 4) is 10.4 Å². The van der Waals surface area contributed by atoms with E-state index in [0.717, 1.165) is 21.7 Å². The molecular weight excluding hydrogens is 596 g/mol. The Morgan fingerprint density at radius 1 is 1.09 bits per heavy atom. The number of hydrogen-bond acceptors (Lipinski definition) is 9. The zero-order valence-electron chi connectivity index (χ0n) is 25.3. The first-order valence-electron chi connectivity index (χ1n) is 14.4. The predicted octanol–water partition coefficient (Wildman–Crippen LogP) is 2.52. The highest BCUT2D eigenvalue weighted by Gasteiger charge is 2.44. The molecule has 43 heavy (non-hydrogen) atoms. The normalized spacial score (nSPS) is 17.6. The molecule has 0 spiro atoms. The monoisotopic (exact) mass is 638 g/mol. The largest absolute Gasteiger partial charge is 0.391 e. The molecule has 1 aromatic carbocycles. The molecule has 3 N–H and O–H groups in total. The Kier molecular flexibility index (Phi) is 13.8. The van der Waals surface area contributed by atoms with Crippen molar-refractivity contribution >= 4 is 40.7 Å². The lowest BCUT2D eigenvalue weighted by Gasteiger charge is -2.35. The average molecular weight is 639 g/mol. The Labute approximate surface area is 262 Å². The fraction of sp³-hybridized carbons (Fsp3) is 0.600. The third-order valence-electron chi connectivity index (χ3n) is 6.91. The van der Waals surface area contributed by atoms with Crippen LogP contribution in [0.3, 0.4) is 0 Å². The molecule has 0 aliphatic carbocycles. The number of aliphatic hydroxyl groups excluding tert-OH is 1. The van der Waals surface area contributed by atoms with Gasteiger partial charge < -0.3 is 34.9 Å². The second kappa shape index (κ2) is 17.0. The van der Waals surface area contributed by atoms with Crippen LogP contribution in [-0.2, 0) is 35.1 Å². The SMILES string of the molecule is Cc1ncsc1-c1ccc(CNC(=O)C2CC(O)CN2C(=O)C(NC(=O)COCCOCCOCCCl)C(C)(C)C)cc1. The molecule has 3 rings (SSSR count). The minimum Gasteiger partial charge on any atom is -0.391 e. The third kappa shape index (κ3) is 10.8. The number of rotatable bonds is 16. The summed E-state index contributed by atoms with van der Waals surface area (Å²) in [5, 5.41) is 16.1. The quantitative estimate of drug-likeness (QED) is 0.188. The van der Waals surface area contributed by atoms with E-state index in [2.05, 4.69) is 15.6 Å². The van der Waals surface area contributed by atoms with Crippen molar-refractivity contribution in [3.63, 3.8) is 0 Å². The molecule has 238 valence electrons. The van der Waals surface area contributed by atoms with Crippen LogP contribution in [0.15, 0.2) is 29.8 Å². The van der Waals surface area contributed by atoms with Gasteiger partial charge >= 0.3 is 0 Å². The van der Waals surface area contributed by atoms with E-state index in [1.54, 1.807) is 11.3 Å². The van der Waals surface area contributed by atoms with Crippen molar-refractivity contribution < 1.29 is 33.7 Å². The summed E-state index contributed by atoms with van der Waals surface area (Å²) in [5.74, 6) is -0.826. The number of β-amino-alcohol motifs (C(OH)–C–C–N with tert-alkyl or cyclic N) is 1. The van der Waals surface area contributed by atoms with E-state index in [-0.39, 0.29) is 45.2 Å². The van der Waals surface area contributed by atoms with Gasteiger partial charge in [0.25, 0.3) is 0 Å². The number of carbonyl (C=O) groups excluding carboxylic acids is 3. The van der Waals surface area contributed by atoms with E-state index in [1.165, 1.54) is 4.90 Å². The van der Waals surface area contributed by atoms with Crippen LogP contribution in [-0.4, -0.2) is 103 Å². The number of alkyl halides is 1. The van der Waals surface area contributed by atoms with E-state index >= 15 is 0 Å². The Hall–Kier alpha value is -2.61. The lowest BCUT2D eigenvalue weighted by Crippen LogP contribution is -2.58. The minimum absolute atomic E-state index is 0.00468. The Morgan fingerprint density at radius 3 is 2.35 bits per heavy atom. The Balaban J connectivity index is 1.52. The van der Waals surface area contributed by atoms with Gasteiger partial charge in [0.15, 0.2) is 0 Å². The van der Waals surface area contributed by atoms with Crippen molar-refractivity contribution in [3.05, 3.63) is 41.0 Å². The number of aromatic nitrogens is 1. The Morgan fingerprint density at radius 2 is 1.74 bits per heavy atom. The van der Waals surface area contributed by atoms with Crippen LogP contribution < -0.4 is 10.6 Å². The van der Waals surface area contributed by atoms with Crippen molar-refractivity contribution in [2.24, 2.45) is 5.41 Å². The first kappa shape index (κ1) is 34.9. The van der Waals surface area contributed by atoms with Crippen LogP contribution >= 0.6 is 22.9 Å². The van der Waals surface area contributed by atoms with Gasteiger partial charge in [0.2, 0.25) is 17.7 Å². The summed E-state index contributed by atoms with van der Waals surface area (Å²) in [6.45, 7) is 9.25. The van der Waals surface area contributed by atoms with Gasteiger partial charge in [-0.25, -0.2) is 4.98 Å². The molecule has 1 saturated heterocycles. The third-order valence-corrected chi connectivity index (χ3v) is 8.04. The molecule has 3 atom stereocenters. The second-order valence-electron chi connectivity index (χ2n) is 11.4. The maximum Gasteiger partial charge on any atom is 0.246 e. The van der Waals surface area contributed by atoms with Gasteiger partial charge in [0, 0.05) is 25.4 Å². The number of nitrogens with zero attached hydrogens (tertiary/aromatic N) is 2. The summed E-state index contributed by atoms with van der Waals surface area (Å²) in [7, 11) is 0. The van der Waals surface area contributed by atoms with Crippen LogP contribution in [0.2, 0.25) is 0 Å². The molecule has 13 heteroatoms. The first-order valence-corrected chi connectivity index (χ1v) is 15.8. The van der Waals surface area contributed by atoms with Gasteiger partial charge in [-0.2, -0.15) is 0 Å². The number of aliphatic hydroxyl groups is 1. The number of hydrogen-bond donors (Lipinski definition) is 3. The molecule has 3 amide bonds. The number of benzene rings is 1. The summed E-state index contributed by atoms with van der Waals surface area (Å²) in [5.41, 5.74) is 4.08. The predicted molar refractivity (Wildman–Crippen MR) is 165 cm³/mol. The molecule has 2 heterocycles. The summed E-state index contributed by atoms with van der Waals surface area (Å²) >= 11 is 7.11. The number of aryl methyl sites for hydroxylation is 1. The number of thiazole rings is 1. The molecular formula is C30H43ClN4O7S. The van der Waals surface area contributed by atoms with Crippen LogP contribution in [0.4, 0.5) is 0 Å². The fourth-order valence-corrected chi connectivity index (χ4v) is 5.56. The highest BCUT2D eigenvalue weighted by Crippen LogP contribution is 2.28. The first-order chi connectivity index (χ1) is 20.5. The number of likely N-dealkylation sites (tertiary alicyclic amines) is 1. The molecule has 11 nitrogen and oxygen atoms in total. The molecule has 1 aliphatic rings. The van der Waals surface area contributed by atoms with Gasteiger partial charge in [-0.3, -0.25) is 14.4 Å². The second-order valence-corrected chi connectivity index (χ2v) is 12.6. The van der Waals surface area contributed by atoms with Crippen molar-refractivity contribution in [1.82, 2.24) is 20.5 Å². The van der Waals surface area contributed by atoms with Gasteiger partial charge in [-0.05, 0) is 23.5 Å². The summed E-state index contributed by atoms with van der Waals surface area (Å²) < 4.78 is 16.0. The molecule has 1 fully saturated rings. The molecule has 1 aromatic heterocycles. The van der Waals surface area contributed by atoms with Crippen LogP contribution in [0.25, 0.3) is 10.4 Å². The maximum atomic E-state index is 13.7. The number of nitrogens with one attached hydrogen (secondary N) is 2. The minimum atomic E-state index is -0.928. The number of ether oxygens (including phenoxy) is 3. The van der Waals surface area contributed by atoms with Crippen LogP contribution in [0.1, 0.15) is 38.4 Å². The summed E-state index contributed by atoms with van der Waals surface area (Å²) in [4.78, 5) is 46.3. The molecule has 0 radical (unpaired) electrons. The average Bonchev–Trinajstić information content (AvgIpc) is 3.58. The molecule has 1 aliphatic heterocycles. The zero-order valence-corrected chi connectivity index (χ0v) is 26.8. The lowest BCUT2D eigenvalue weighted by atomic mass is 9.85. The maximum absolute atomic E-state index is 13.7. The standard InChI is InChI=1S/C30H43ClN4O7S/c1-20-26(43-19-33-20)22-7-5-21(6-8-22)16-32-28(38)24-15-23(36)17-35(24)29(39)27(30(2,3)4)34-25(37)18-42-14-13-41-12-11-40-10-9-31/h5-8,19,23-24,27,36H,9-18H2,1-4H3,(H,32,38)(H,34,37). The Bertz CT molecular complexity index is 1190. The van der Waals surface area contributed by atoms with E-state index in [9.17, 15) is 19.5 Å².